The lowest BCUT2D eigenvalue weighted by Gasteiger charge is -2.57. The van der Waals surface area contributed by atoms with Crippen molar-refractivity contribution >= 4 is 11.8 Å². The maximum atomic E-state index is 12.6. The van der Waals surface area contributed by atoms with Crippen LogP contribution in [0.4, 0.5) is 5.82 Å². The number of nitrogens with one attached hydrogen (secondary N) is 1. The van der Waals surface area contributed by atoms with Gasteiger partial charge in [-0.25, -0.2) is 9.78 Å². The Morgan fingerprint density at radius 1 is 1.14 bits per heavy atom. The van der Waals surface area contributed by atoms with E-state index in [9.17, 15) is 4.79 Å². The van der Waals surface area contributed by atoms with Gasteiger partial charge in [0.1, 0.15) is 24.5 Å². The molecular weight excluding hydrogens is 538 g/mol. The highest BCUT2D eigenvalue weighted by Gasteiger charge is 2.71. The lowest BCUT2D eigenvalue weighted by Crippen LogP contribution is -2.74. The Labute approximate surface area is 257 Å². The summed E-state index contributed by atoms with van der Waals surface area (Å²) >= 11 is 0. The molecule has 1 aromatic heterocycles. The van der Waals surface area contributed by atoms with Gasteiger partial charge in [0, 0.05) is 31.3 Å². The molecule has 1 spiro atoms. The normalized spacial score (nSPS) is 28.6. The number of nitrogens with zero attached hydrogens (tertiary/aromatic N) is 2. The average Bonchev–Trinajstić information content (AvgIpc) is 3.10. The van der Waals surface area contributed by atoms with Crippen molar-refractivity contribution in [2.75, 3.05) is 38.2 Å². The summed E-state index contributed by atoms with van der Waals surface area (Å²) in [5, 5.41) is 3.44. The van der Waals surface area contributed by atoms with Crippen molar-refractivity contribution in [2.45, 2.75) is 115 Å². The fourth-order valence-electron chi connectivity index (χ4n) is 7.96. The Morgan fingerprint density at radius 2 is 1.95 bits per heavy atom. The van der Waals surface area contributed by atoms with Crippen LogP contribution in [-0.2, 0) is 43.0 Å². The van der Waals surface area contributed by atoms with E-state index in [1.165, 1.54) is 28.8 Å². The monoisotopic (exact) mass is 588 g/mol. The molecule has 0 bridgehead atoms. The molecule has 1 fully saturated rings. The number of anilines is 1. The lowest BCUT2D eigenvalue weighted by atomic mass is 9.77. The molecule has 2 unspecified atom stereocenters. The first-order chi connectivity index (χ1) is 20.5. The maximum Gasteiger partial charge on any atom is 0.244 e. The summed E-state index contributed by atoms with van der Waals surface area (Å²) in [7, 11) is 0. The van der Waals surface area contributed by atoms with E-state index in [2.05, 4.69) is 62.4 Å². The number of aromatic nitrogens is 1. The van der Waals surface area contributed by atoms with Gasteiger partial charge in [-0.3, -0.25) is 4.48 Å². The summed E-state index contributed by atoms with van der Waals surface area (Å²) in [4.78, 5) is 17.4. The maximum absolute atomic E-state index is 12.6. The minimum atomic E-state index is -0.579. The summed E-state index contributed by atoms with van der Waals surface area (Å²) < 4.78 is 20.3. The smallest absolute Gasteiger partial charge is 0.244 e. The number of unbranched alkanes of at least 4 members (excludes halogenated alkanes) is 2. The fraction of sp³-hybridized carbons (Fsp3) is 0.639. The quantitative estimate of drug-likeness (QED) is 0.156. The number of rotatable bonds is 9. The van der Waals surface area contributed by atoms with Crippen LogP contribution in [0.15, 0.2) is 36.1 Å². The molecule has 1 N–H and O–H groups in total. The van der Waals surface area contributed by atoms with E-state index in [0.717, 1.165) is 76.1 Å². The number of quaternary nitrogens is 1. The van der Waals surface area contributed by atoms with Crippen molar-refractivity contribution in [3.05, 3.63) is 64.0 Å². The van der Waals surface area contributed by atoms with E-state index in [-0.39, 0.29) is 17.6 Å². The number of hydrogen-bond donors (Lipinski definition) is 1. The molecule has 0 amide bonds. The fourth-order valence-corrected chi connectivity index (χ4v) is 7.96. The summed E-state index contributed by atoms with van der Waals surface area (Å²) in [5.41, 5.74) is 5.11. The van der Waals surface area contributed by atoms with Gasteiger partial charge in [0.05, 0.1) is 12.2 Å². The highest BCUT2D eigenvalue weighted by Crippen LogP contribution is 2.62. The second-order valence-electron chi connectivity index (χ2n) is 14.9. The van der Waals surface area contributed by atoms with Gasteiger partial charge in [-0.15, -0.1) is 0 Å². The van der Waals surface area contributed by atoms with Crippen molar-refractivity contribution in [3.8, 4) is 0 Å². The number of fused-ring (bicyclic) bond motifs is 2. The highest BCUT2D eigenvalue weighted by molar-refractivity contribution is 5.57. The largest absolute Gasteiger partial charge is 0.476 e. The molecule has 4 aliphatic heterocycles. The predicted molar refractivity (Wildman–Crippen MR) is 169 cm³/mol. The molecule has 232 valence electrons. The lowest BCUT2D eigenvalue weighted by molar-refractivity contribution is -1.06. The van der Waals surface area contributed by atoms with Crippen molar-refractivity contribution in [1.82, 2.24) is 4.98 Å². The van der Waals surface area contributed by atoms with Crippen LogP contribution in [0.5, 0.6) is 0 Å². The molecule has 6 rings (SSSR count). The van der Waals surface area contributed by atoms with Gasteiger partial charge in [-0.05, 0) is 81.9 Å². The minimum Gasteiger partial charge on any atom is -0.476 e. The summed E-state index contributed by atoms with van der Waals surface area (Å²) in [5.74, 6) is 3.70. The topological polar surface area (TPSA) is 69.7 Å². The number of carbonyl (C=O) groups excluding carboxylic acids is 1. The summed E-state index contributed by atoms with van der Waals surface area (Å²) in [6, 6.07) is 10.7. The van der Waals surface area contributed by atoms with Gasteiger partial charge in [0.15, 0.2) is 18.1 Å². The van der Waals surface area contributed by atoms with Crippen LogP contribution in [-0.4, -0.2) is 60.0 Å². The number of hydrogen-bond acceptors (Lipinski definition) is 6. The Balaban J connectivity index is 1.13. The second-order valence-corrected chi connectivity index (χ2v) is 14.9. The molecule has 0 saturated carbocycles. The van der Waals surface area contributed by atoms with Crippen LogP contribution < -0.4 is 5.32 Å². The molecule has 1 saturated heterocycles. The number of pyridine rings is 1. The molecule has 0 aliphatic carbocycles. The number of aryl methyl sites for hydroxylation is 2. The van der Waals surface area contributed by atoms with Gasteiger partial charge >= 0.3 is 0 Å². The molecule has 7 heteroatoms. The molecule has 43 heavy (non-hydrogen) atoms. The van der Waals surface area contributed by atoms with E-state index in [0.29, 0.717) is 16.8 Å². The third-order valence-corrected chi connectivity index (χ3v) is 10.2. The van der Waals surface area contributed by atoms with Gasteiger partial charge in [-0.2, -0.15) is 0 Å². The molecule has 1 aromatic carbocycles. The summed E-state index contributed by atoms with van der Waals surface area (Å²) in [6.07, 6.45) is 7.64. The Bertz CT molecular complexity index is 1400. The minimum absolute atomic E-state index is 0.0240. The summed E-state index contributed by atoms with van der Waals surface area (Å²) in [6.45, 7) is 16.8. The molecule has 5 heterocycles. The number of ether oxygens (including phenoxy) is 3. The van der Waals surface area contributed by atoms with Gasteiger partial charge in [0.25, 0.3) is 0 Å². The molecule has 2 aromatic rings. The van der Waals surface area contributed by atoms with Crippen LogP contribution in [0.1, 0.15) is 108 Å². The first kappa shape index (κ1) is 30.3. The second kappa shape index (κ2) is 11.3. The molecule has 4 aliphatic rings. The molecule has 7 nitrogen and oxygen atoms in total. The third-order valence-electron chi connectivity index (χ3n) is 10.2. The highest BCUT2D eigenvalue weighted by atomic mass is 16.5. The standard InChI is InChI=1S/C36H50N3O4/c1-34(2,3)43-30(24-40)32-28-14-10-15-29-31(28)36(6,42-21-18-35(29,4)5)39(32)22-27(23-39)41-20-9-7-8-13-26-17-16-25-12-11-19-37-33(25)38-26/h10,14-17,27,32H,7-9,11-13,18-23H2,1-6H3,(H,37,38)/q+1. The third kappa shape index (κ3) is 5.44. The van der Waals surface area contributed by atoms with E-state index in [1.54, 1.807) is 0 Å². The van der Waals surface area contributed by atoms with Crippen molar-refractivity contribution in [3.63, 3.8) is 0 Å². The molecule has 2 atom stereocenters. The van der Waals surface area contributed by atoms with Crippen molar-refractivity contribution in [2.24, 2.45) is 0 Å². The van der Waals surface area contributed by atoms with Crippen LogP contribution in [0.25, 0.3) is 0 Å². The van der Waals surface area contributed by atoms with Crippen LogP contribution in [0.2, 0.25) is 0 Å². The van der Waals surface area contributed by atoms with E-state index in [1.807, 2.05) is 20.8 Å². The van der Waals surface area contributed by atoms with E-state index >= 15 is 0 Å². The molecule has 0 radical (unpaired) electrons. The van der Waals surface area contributed by atoms with Crippen LogP contribution >= 0.6 is 0 Å². The van der Waals surface area contributed by atoms with Crippen molar-refractivity contribution < 1.29 is 23.5 Å². The zero-order valence-electron chi connectivity index (χ0n) is 27.1. The van der Waals surface area contributed by atoms with Crippen LogP contribution in [0, 0.1) is 0 Å². The van der Waals surface area contributed by atoms with Gasteiger partial charge in [0.2, 0.25) is 11.5 Å². The number of benzene rings is 1. The first-order valence-corrected chi connectivity index (χ1v) is 16.4. The first-order valence-electron chi connectivity index (χ1n) is 16.4. The Kier molecular flexibility index (Phi) is 8.00. The zero-order chi connectivity index (χ0) is 30.5. The molecular formula is C36H50N3O4+. The van der Waals surface area contributed by atoms with E-state index in [4.69, 9.17) is 19.2 Å². The average molecular weight is 589 g/mol. The Morgan fingerprint density at radius 3 is 2.72 bits per heavy atom. The zero-order valence-corrected chi connectivity index (χ0v) is 27.1. The van der Waals surface area contributed by atoms with Crippen LogP contribution in [0.3, 0.4) is 0 Å². The van der Waals surface area contributed by atoms with Crippen molar-refractivity contribution in [1.29, 1.82) is 0 Å². The SMILES string of the molecule is CC(C)(C)OC(=C=O)C1c2cccc3c2C(C)(OCCC3(C)C)[N+]12CC(OCCCCCc1ccc3c(n1)NCCC3)C2. The van der Waals surface area contributed by atoms with Gasteiger partial charge < -0.3 is 19.5 Å². The Hall–Kier alpha value is -2.70. The van der Waals surface area contributed by atoms with E-state index < -0.39 is 11.3 Å². The van der Waals surface area contributed by atoms with Gasteiger partial charge in [-0.1, -0.05) is 44.5 Å². The predicted octanol–water partition coefficient (Wildman–Crippen LogP) is 6.52.